The zero-order chi connectivity index (χ0) is 25.5. The van der Waals surface area contributed by atoms with Gasteiger partial charge in [-0.2, -0.15) is 0 Å². The highest BCUT2D eigenvalue weighted by molar-refractivity contribution is 8.77. The van der Waals surface area contributed by atoms with E-state index in [2.05, 4.69) is 27.7 Å². The minimum atomic E-state index is 0. The fraction of sp³-hybridized carbons (Fsp3) is 0.933. The summed E-state index contributed by atoms with van der Waals surface area (Å²) < 4.78 is 0. The summed E-state index contributed by atoms with van der Waals surface area (Å²) in [6.45, 7) is 12.0. The maximum Gasteiger partial charge on any atom is 0.105 e. The van der Waals surface area contributed by atoms with Gasteiger partial charge in [-0.25, -0.2) is 0 Å². The van der Waals surface area contributed by atoms with Gasteiger partial charge < -0.3 is 11.5 Å². The number of hydrogen-bond donors (Lipinski definition) is 2. The van der Waals surface area contributed by atoms with Gasteiger partial charge in [-0.3, -0.25) is 9.98 Å². The number of rotatable bonds is 9. The summed E-state index contributed by atoms with van der Waals surface area (Å²) in [7, 11) is 3.58. The number of hydrogen-bond acceptors (Lipinski definition) is 4. The van der Waals surface area contributed by atoms with E-state index in [1.54, 1.807) is 21.6 Å². The largest absolute Gasteiger partial charge is 0.387 e. The van der Waals surface area contributed by atoms with Crippen molar-refractivity contribution >= 4 is 58.1 Å². The van der Waals surface area contributed by atoms with Gasteiger partial charge in [-0.05, 0) is 121 Å². The molecule has 8 aliphatic carbocycles. The van der Waals surface area contributed by atoms with E-state index >= 15 is 0 Å². The van der Waals surface area contributed by atoms with Crippen molar-refractivity contribution in [2.45, 2.75) is 105 Å². The summed E-state index contributed by atoms with van der Waals surface area (Å²) in [5.74, 6) is 5.03. The van der Waals surface area contributed by atoms with Crippen LogP contribution in [0, 0.1) is 44.3 Å². The molecule has 4 unspecified atom stereocenters. The van der Waals surface area contributed by atoms with E-state index in [1.165, 1.54) is 77.0 Å². The highest BCUT2D eigenvalue weighted by Crippen LogP contribution is 2.70. The van der Waals surface area contributed by atoms with Crippen molar-refractivity contribution in [2.75, 3.05) is 24.6 Å². The van der Waals surface area contributed by atoms with Crippen LogP contribution in [0.2, 0.25) is 0 Å². The van der Waals surface area contributed by atoms with Crippen LogP contribution in [-0.4, -0.2) is 36.3 Å². The number of amidine groups is 2. The first-order chi connectivity index (χ1) is 16.8. The molecule has 0 aromatic rings. The van der Waals surface area contributed by atoms with Gasteiger partial charge in [0.1, 0.15) is 11.7 Å². The third-order valence-electron chi connectivity index (χ3n) is 11.2. The zero-order valence-electron chi connectivity index (χ0n) is 24.2. The van der Waals surface area contributed by atoms with Gasteiger partial charge in [-0.15, -0.1) is 24.8 Å². The molecule has 8 fully saturated rings. The van der Waals surface area contributed by atoms with Crippen LogP contribution < -0.4 is 11.5 Å². The van der Waals surface area contributed by atoms with Gasteiger partial charge >= 0.3 is 0 Å². The van der Waals surface area contributed by atoms with Crippen LogP contribution in [0.4, 0.5) is 0 Å². The highest BCUT2D eigenvalue weighted by Gasteiger charge is 2.61. The fourth-order valence-electron chi connectivity index (χ4n) is 12.6. The number of aliphatic imine (C=N–C) groups is 2. The third-order valence-corrected chi connectivity index (χ3v) is 13.4. The quantitative estimate of drug-likeness (QED) is 0.122. The smallest absolute Gasteiger partial charge is 0.105 e. The molecule has 0 amide bonds. The lowest BCUT2D eigenvalue weighted by molar-refractivity contribution is -0.140. The SMILES string of the molecule is CC12CC3CC(C)(C1)CC(CN=C(N)CSSCC(N)=NCC14CC5CC(C)(CC(C)(C5)C1)C4)(C3)C2.Cl.Cl. The molecule has 8 bridgehead atoms. The Bertz CT molecular complexity index is 858. The predicted molar refractivity (Wildman–Crippen MR) is 172 cm³/mol. The van der Waals surface area contributed by atoms with Gasteiger partial charge in [0.05, 0.1) is 11.5 Å². The summed E-state index contributed by atoms with van der Waals surface area (Å²) in [5, 5.41) is 0. The number of halogens is 2. The normalized spacial score (nSPS) is 48.6. The van der Waals surface area contributed by atoms with Crippen LogP contribution in [0.1, 0.15) is 105 Å². The summed E-state index contributed by atoms with van der Waals surface area (Å²) in [6.07, 6.45) is 16.8. The number of nitrogens with two attached hydrogens (primary N) is 2. The van der Waals surface area contributed by atoms with Crippen LogP contribution in [-0.2, 0) is 0 Å². The van der Waals surface area contributed by atoms with Crippen LogP contribution in [0.3, 0.4) is 0 Å². The van der Waals surface area contributed by atoms with Crippen LogP contribution >= 0.6 is 46.4 Å². The summed E-state index contributed by atoms with van der Waals surface area (Å²) in [4.78, 5) is 9.89. The van der Waals surface area contributed by atoms with Crippen molar-refractivity contribution in [1.29, 1.82) is 0 Å². The number of nitrogens with zero attached hydrogens (tertiary/aromatic N) is 2. The molecular formula is C30H52Cl2N4S2. The first-order valence-electron chi connectivity index (χ1n) is 14.6. The Balaban J connectivity index is 0.00000168. The molecule has 0 aromatic carbocycles. The van der Waals surface area contributed by atoms with E-state index in [4.69, 9.17) is 21.5 Å². The van der Waals surface area contributed by atoms with Crippen LogP contribution in [0.5, 0.6) is 0 Å². The molecule has 8 aliphatic rings. The second-order valence-corrected chi connectivity index (χ2v) is 18.9. The van der Waals surface area contributed by atoms with Gasteiger partial charge in [0.2, 0.25) is 0 Å². The third kappa shape index (κ3) is 6.19. The summed E-state index contributed by atoms with van der Waals surface area (Å²) in [6, 6.07) is 0. The first-order valence-corrected chi connectivity index (χ1v) is 17.1. The van der Waals surface area contributed by atoms with Gasteiger partial charge in [0, 0.05) is 13.1 Å². The van der Waals surface area contributed by atoms with Crippen LogP contribution in [0.15, 0.2) is 9.98 Å². The lowest BCUT2D eigenvalue weighted by Crippen LogP contribution is -2.56. The molecule has 0 heterocycles. The molecule has 8 saturated carbocycles. The Morgan fingerprint density at radius 1 is 0.579 bits per heavy atom. The Morgan fingerprint density at radius 2 is 0.895 bits per heavy atom. The Morgan fingerprint density at radius 3 is 1.18 bits per heavy atom. The van der Waals surface area contributed by atoms with Crippen LogP contribution in [0.25, 0.3) is 0 Å². The molecule has 4 N–H and O–H groups in total. The van der Waals surface area contributed by atoms with E-state index in [-0.39, 0.29) is 24.8 Å². The Kier molecular flexibility index (Phi) is 8.60. The van der Waals surface area contributed by atoms with Crippen molar-refractivity contribution in [3.8, 4) is 0 Å². The topological polar surface area (TPSA) is 76.8 Å². The minimum Gasteiger partial charge on any atom is -0.387 e. The molecule has 0 aliphatic heterocycles. The molecule has 4 atom stereocenters. The molecule has 0 radical (unpaired) electrons. The van der Waals surface area contributed by atoms with Gasteiger partial charge in [0.25, 0.3) is 0 Å². The molecule has 38 heavy (non-hydrogen) atoms. The molecule has 218 valence electrons. The monoisotopic (exact) mass is 602 g/mol. The van der Waals surface area contributed by atoms with E-state index in [9.17, 15) is 0 Å². The van der Waals surface area contributed by atoms with Gasteiger partial charge in [-0.1, -0.05) is 49.3 Å². The molecular weight excluding hydrogens is 551 g/mol. The minimum absolute atomic E-state index is 0. The van der Waals surface area contributed by atoms with E-state index in [1.807, 2.05) is 0 Å². The average Bonchev–Trinajstić information content (AvgIpc) is 2.69. The predicted octanol–water partition coefficient (Wildman–Crippen LogP) is 7.92. The van der Waals surface area contributed by atoms with Crippen molar-refractivity contribution in [1.82, 2.24) is 0 Å². The van der Waals surface area contributed by atoms with E-state index in [0.717, 1.165) is 48.1 Å². The summed E-state index contributed by atoms with van der Waals surface area (Å²) in [5.41, 5.74) is 15.8. The summed E-state index contributed by atoms with van der Waals surface area (Å²) >= 11 is 0. The van der Waals surface area contributed by atoms with Gasteiger partial charge in [0.15, 0.2) is 0 Å². The van der Waals surface area contributed by atoms with E-state index in [0.29, 0.717) is 32.5 Å². The van der Waals surface area contributed by atoms with Crippen molar-refractivity contribution < 1.29 is 0 Å². The fourth-order valence-corrected chi connectivity index (χ4v) is 14.4. The second kappa shape index (κ2) is 10.5. The molecule has 8 rings (SSSR count). The van der Waals surface area contributed by atoms with E-state index < -0.39 is 0 Å². The average molecular weight is 604 g/mol. The van der Waals surface area contributed by atoms with Crippen molar-refractivity contribution in [3.63, 3.8) is 0 Å². The molecule has 0 saturated heterocycles. The lowest BCUT2D eigenvalue weighted by atomic mass is 9.40. The van der Waals surface area contributed by atoms with Crippen molar-refractivity contribution in [2.24, 2.45) is 65.8 Å². The standard InChI is InChI=1S/C30H50N4S2.2ClH/c1-25-5-21-6-26(2,13-25)16-29(9-21,15-25)19-33-23(31)11-35-36-12-24(32)34-20-30-10-22-7-27(3,17-30)14-28(4,8-22)18-30;;/h21-22H,5-20H2,1-4H3,(H2,31,33)(H2,32,34);2*1H. The highest BCUT2D eigenvalue weighted by atomic mass is 35.5. The lowest BCUT2D eigenvalue weighted by Gasteiger charge is -2.65. The molecule has 0 aromatic heterocycles. The first kappa shape index (κ1) is 31.2. The molecule has 8 heteroatoms. The molecule has 0 spiro atoms. The van der Waals surface area contributed by atoms with Crippen molar-refractivity contribution in [3.05, 3.63) is 0 Å². The Hall–Kier alpha value is 0.220. The Labute approximate surface area is 252 Å². The maximum absolute atomic E-state index is 6.39. The molecule has 4 nitrogen and oxygen atoms in total. The maximum atomic E-state index is 6.39. The zero-order valence-corrected chi connectivity index (χ0v) is 27.4. The second-order valence-electron chi connectivity index (χ2n) is 16.4.